The summed E-state index contributed by atoms with van der Waals surface area (Å²) in [5, 5.41) is -0.475. The Kier molecular flexibility index (Phi) is 5.37. The number of hydrogen-bond acceptors (Lipinski definition) is 4. The van der Waals surface area contributed by atoms with E-state index < -0.39 is 10.7 Å². The van der Waals surface area contributed by atoms with Gasteiger partial charge in [-0.1, -0.05) is 30.3 Å². The van der Waals surface area contributed by atoms with Crippen molar-refractivity contribution in [2.75, 3.05) is 20.2 Å². The third-order valence-corrected chi connectivity index (χ3v) is 4.29. The van der Waals surface area contributed by atoms with Crippen molar-refractivity contribution in [3.05, 3.63) is 35.9 Å². The van der Waals surface area contributed by atoms with Crippen molar-refractivity contribution in [3.8, 4) is 0 Å². The van der Waals surface area contributed by atoms with Gasteiger partial charge in [-0.25, -0.2) is 0 Å². The normalized spacial score (nSPS) is 18.2. The predicted octanol–water partition coefficient (Wildman–Crippen LogP) is 2.60. The van der Waals surface area contributed by atoms with Gasteiger partial charge in [0.25, 0.3) is 0 Å². The lowest BCUT2D eigenvalue weighted by Crippen LogP contribution is -2.45. The Labute approximate surface area is 130 Å². The summed E-state index contributed by atoms with van der Waals surface area (Å²) in [4.78, 5) is 25.6. The fourth-order valence-electron chi connectivity index (χ4n) is 2.92. The van der Waals surface area contributed by atoms with Crippen molar-refractivity contribution in [3.63, 3.8) is 0 Å². The molecular formula is C16H20ClNO3. The molecule has 21 heavy (non-hydrogen) atoms. The minimum atomic E-state index is -0.749. The number of piperidine rings is 1. The Morgan fingerprint density at radius 1 is 1.24 bits per heavy atom. The minimum Gasteiger partial charge on any atom is -0.469 e. The highest BCUT2D eigenvalue weighted by atomic mass is 35.5. The van der Waals surface area contributed by atoms with Gasteiger partial charge in [0.1, 0.15) is 0 Å². The number of likely N-dealkylation sites (tertiary alicyclic amines) is 1. The predicted molar refractivity (Wildman–Crippen MR) is 80.9 cm³/mol. The highest BCUT2D eigenvalue weighted by Crippen LogP contribution is 2.37. The van der Waals surface area contributed by atoms with Crippen molar-refractivity contribution < 1.29 is 14.3 Å². The van der Waals surface area contributed by atoms with Crippen molar-refractivity contribution in [2.45, 2.75) is 25.8 Å². The molecule has 0 N–H and O–H groups in total. The molecule has 1 aromatic carbocycles. The summed E-state index contributed by atoms with van der Waals surface area (Å²) in [5.41, 5.74) is 0.498. The van der Waals surface area contributed by atoms with Gasteiger partial charge in [-0.15, -0.1) is 0 Å². The highest BCUT2D eigenvalue weighted by molar-refractivity contribution is 6.63. The van der Waals surface area contributed by atoms with Gasteiger partial charge in [0, 0.05) is 13.0 Å². The van der Waals surface area contributed by atoms with E-state index in [-0.39, 0.29) is 12.4 Å². The number of halogens is 1. The van der Waals surface area contributed by atoms with Crippen LogP contribution in [0.25, 0.3) is 0 Å². The van der Waals surface area contributed by atoms with Crippen molar-refractivity contribution >= 4 is 22.8 Å². The Balaban J connectivity index is 1.99. The van der Waals surface area contributed by atoms with Crippen LogP contribution in [0.2, 0.25) is 0 Å². The average Bonchev–Trinajstić information content (AvgIpc) is 2.49. The van der Waals surface area contributed by atoms with Gasteiger partial charge in [0.2, 0.25) is 5.24 Å². The van der Waals surface area contributed by atoms with Crippen LogP contribution in [-0.2, 0) is 20.9 Å². The van der Waals surface area contributed by atoms with Gasteiger partial charge < -0.3 is 4.74 Å². The van der Waals surface area contributed by atoms with E-state index >= 15 is 0 Å². The molecule has 2 rings (SSSR count). The Morgan fingerprint density at radius 3 is 2.38 bits per heavy atom. The fraction of sp³-hybridized carbons (Fsp3) is 0.500. The molecule has 0 saturated carbocycles. The fourth-order valence-corrected chi connectivity index (χ4v) is 3.17. The minimum absolute atomic E-state index is 0.0560. The lowest BCUT2D eigenvalue weighted by atomic mass is 9.76. The topological polar surface area (TPSA) is 46.6 Å². The first-order valence-electron chi connectivity index (χ1n) is 7.09. The number of ether oxygens (including phenoxy) is 1. The monoisotopic (exact) mass is 309 g/mol. The number of methoxy groups -OCH3 is 1. The van der Waals surface area contributed by atoms with Gasteiger partial charge >= 0.3 is 5.97 Å². The van der Waals surface area contributed by atoms with Crippen LogP contribution in [0.1, 0.15) is 24.8 Å². The van der Waals surface area contributed by atoms with Crippen molar-refractivity contribution in [2.24, 2.45) is 5.41 Å². The van der Waals surface area contributed by atoms with Gasteiger partial charge in [-0.3, -0.25) is 14.5 Å². The molecule has 0 aliphatic carbocycles. The molecule has 4 nitrogen and oxygen atoms in total. The molecule has 0 unspecified atom stereocenters. The maximum Gasteiger partial charge on any atom is 0.312 e. The summed E-state index contributed by atoms with van der Waals surface area (Å²) < 4.78 is 4.88. The summed E-state index contributed by atoms with van der Waals surface area (Å²) in [6.07, 6.45) is 1.26. The molecule has 0 bridgehead atoms. The smallest absolute Gasteiger partial charge is 0.312 e. The maximum absolute atomic E-state index is 12.0. The van der Waals surface area contributed by atoms with Gasteiger partial charge in [0.05, 0.1) is 12.5 Å². The molecule has 1 fully saturated rings. The molecule has 1 heterocycles. The Morgan fingerprint density at radius 2 is 1.86 bits per heavy atom. The summed E-state index contributed by atoms with van der Waals surface area (Å²) in [6, 6.07) is 10.2. The van der Waals surface area contributed by atoms with E-state index in [2.05, 4.69) is 17.0 Å². The molecule has 0 amide bonds. The Hall–Kier alpha value is -1.39. The number of carbonyl (C=O) groups excluding carboxylic acids is 2. The van der Waals surface area contributed by atoms with Crippen molar-refractivity contribution in [1.29, 1.82) is 0 Å². The molecule has 5 heteroatoms. The molecule has 0 atom stereocenters. The summed E-state index contributed by atoms with van der Waals surface area (Å²) >= 11 is 5.51. The highest BCUT2D eigenvalue weighted by Gasteiger charge is 2.43. The molecule has 1 aliphatic rings. The third kappa shape index (κ3) is 4.05. The van der Waals surface area contributed by atoms with E-state index in [0.29, 0.717) is 12.8 Å². The largest absolute Gasteiger partial charge is 0.469 e. The zero-order chi connectivity index (χ0) is 15.3. The summed E-state index contributed by atoms with van der Waals surface area (Å²) in [5.74, 6) is -0.323. The Bertz CT molecular complexity index is 496. The molecular weight excluding hydrogens is 290 g/mol. The first kappa shape index (κ1) is 16.0. The second-order valence-electron chi connectivity index (χ2n) is 5.57. The van der Waals surface area contributed by atoms with Gasteiger partial charge in [-0.2, -0.15) is 0 Å². The average molecular weight is 310 g/mol. The molecule has 1 aromatic rings. The lowest BCUT2D eigenvalue weighted by Gasteiger charge is -2.39. The summed E-state index contributed by atoms with van der Waals surface area (Å²) in [6.45, 7) is 2.37. The number of esters is 1. The van der Waals surface area contributed by atoms with E-state index in [4.69, 9.17) is 16.3 Å². The maximum atomic E-state index is 12.0. The number of hydrogen-bond donors (Lipinski definition) is 0. The van der Waals surface area contributed by atoms with Crippen LogP contribution in [0, 0.1) is 5.41 Å². The molecule has 1 aliphatic heterocycles. The quantitative estimate of drug-likeness (QED) is 0.619. The van der Waals surface area contributed by atoms with Crippen molar-refractivity contribution in [1.82, 2.24) is 4.90 Å². The van der Waals surface area contributed by atoms with E-state index in [9.17, 15) is 9.59 Å². The van der Waals surface area contributed by atoms with Crippen LogP contribution in [0.15, 0.2) is 30.3 Å². The third-order valence-electron chi connectivity index (χ3n) is 4.16. The van der Waals surface area contributed by atoms with E-state index in [1.165, 1.54) is 12.7 Å². The molecule has 1 saturated heterocycles. The van der Waals surface area contributed by atoms with E-state index in [1.54, 1.807) is 0 Å². The van der Waals surface area contributed by atoms with Crippen LogP contribution in [0.5, 0.6) is 0 Å². The molecule has 0 radical (unpaired) electrons. The zero-order valence-electron chi connectivity index (χ0n) is 12.2. The van der Waals surface area contributed by atoms with Crippen LogP contribution in [-0.4, -0.2) is 36.3 Å². The molecule has 114 valence electrons. The number of nitrogens with zero attached hydrogens (tertiary/aromatic N) is 1. The van der Waals surface area contributed by atoms with Crippen LogP contribution >= 0.6 is 11.6 Å². The number of rotatable bonds is 5. The van der Waals surface area contributed by atoms with Gasteiger partial charge in [0.15, 0.2) is 0 Å². The number of carbonyl (C=O) groups is 2. The van der Waals surface area contributed by atoms with Gasteiger partial charge in [-0.05, 0) is 43.1 Å². The van der Waals surface area contributed by atoms with Crippen LogP contribution in [0.3, 0.4) is 0 Å². The second-order valence-corrected chi connectivity index (χ2v) is 5.99. The van der Waals surface area contributed by atoms with E-state index in [0.717, 1.165) is 19.6 Å². The van der Waals surface area contributed by atoms with Crippen LogP contribution in [0.4, 0.5) is 0 Å². The first-order valence-corrected chi connectivity index (χ1v) is 7.46. The number of benzene rings is 1. The zero-order valence-corrected chi connectivity index (χ0v) is 12.9. The van der Waals surface area contributed by atoms with E-state index in [1.807, 2.05) is 18.2 Å². The second kappa shape index (κ2) is 7.05. The van der Waals surface area contributed by atoms with Crippen LogP contribution < -0.4 is 0 Å². The molecule has 0 spiro atoms. The summed E-state index contributed by atoms with van der Waals surface area (Å²) in [7, 11) is 1.36. The first-order chi connectivity index (χ1) is 10.1. The molecule has 0 aromatic heterocycles. The standard InChI is InChI=1S/C16H20ClNO3/c1-21-15(20)16(11-14(17)19)7-9-18(10-8-16)12-13-5-3-2-4-6-13/h2-6H,7-12H2,1H3. The SMILES string of the molecule is COC(=O)C1(CC(=O)Cl)CCN(Cc2ccccc2)CC1. The lowest BCUT2D eigenvalue weighted by molar-refractivity contribution is -0.157.